The quantitative estimate of drug-likeness (QED) is 0.843. The predicted octanol–water partition coefficient (Wildman–Crippen LogP) is 2.28. The number of thiophene rings is 1. The van der Waals surface area contributed by atoms with Gasteiger partial charge in [-0.25, -0.2) is 9.97 Å². The molecule has 3 nitrogen and oxygen atoms in total. The summed E-state index contributed by atoms with van der Waals surface area (Å²) in [6.07, 6.45) is 0. The van der Waals surface area contributed by atoms with E-state index in [1.807, 2.05) is 13.0 Å². The Bertz CT molecular complexity index is 476. The minimum atomic E-state index is 0.459. The van der Waals surface area contributed by atoms with Gasteiger partial charge in [-0.15, -0.1) is 11.3 Å². The molecule has 0 amide bonds. The van der Waals surface area contributed by atoms with E-state index in [2.05, 4.69) is 29.0 Å². The van der Waals surface area contributed by atoms with Crippen LogP contribution in [0.15, 0.2) is 18.2 Å². The van der Waals surface area contributed by atoms with Gasteiger partial charge in [-0.2, -0.15) is 0 Å². The van der Waals surface area contributed by atoms with Gasteiger partial charge in [-0.1, -0.05) is 0 Å². The Morgan fingerprint density at radius 1 is 1.27 bits per heavy atom. The van der Waals surface area contributed by atoms with Gasteiger partial charge >= 0.3 is 0 Å². The van der Waals surface area contributed by atoms with Crippen LogP contribution in [0.2, 0.25) is 0 Å². The molecule has 0 bridgehead atoms. The maximum atomic E-state index is 5.58. The first-order chi connectivity index (χ1) is 7.19. The van der Waals surface area contributed by atoms with Crippen molar-refractivity contribution in [3.63, 3.8) is 0 Å². The zero-order valence-corrected chi connectivity index (χ0v) is 9.64. The lowest BCUT2D eigenvalue weighted by Crippen LogP contribution is -2.02. The molecule has 2 rings (SSSR count). The van der Waals surface area contributed by atoms with E-state index >= 15 is 0 Å². The monoisotopic (exact) mass is 219 g/mol. The number of hydrogen-bond donors (Lipinski definition) is 1. The molecule has 0 atom stereocenters. The highest BCUT2D eigenvalue weighted by atomic mass is 32.1. The summed E-state index contributed by atoms with van der Waals surface area (Å²) >= 11 is 1.70. The lowest BCUT2D eigenvalue weighted by atomic mass is 10.3. The van der Waals surface area contributed by atoms with Crippen LogP contribution in [0.4, 0.5) is 0 Å². The summed E-state index contributed by atoms with van der Waals surface area (Å²) in [6, 6.07) is 6.05. The van der Waals surface area contributed by atoms with Crippen LogP contribution in [0.3, 0.4) is 0 Å². The predicted molar refractivity (Wildman–Crippen MR) is 62.7 cm³/mol. The second-order valence-electron chi connectivity index (χ2n) is 3.44. The number of aryl methyl sites for hydroxylation is 2. The molecule has 0 aliphatic rings. The minimum Gasteiger partial charge on any atom is -0.325 e. The SMILES string of the molecule is Cc1cc(CN)nc(-c2ccc(C)s2)n1. The molecular weight excluding hydrogens is 206 g/mol. The fourth-order valence-corrected chi connectivity index (χ4v) is 2.20. The van der Waals surface area contributed by atoms with Crippen molar-refractivity contribution in [1.82, 2.24) is 9.97 Å². The summed E-state index contributed by atoms with van der Waals surface area (Å²) in [4.78, 5) is 11.2. The second-order valence-corrected chi connectivity index (χ2v) is 4.73. The molecule has 2 N–H and O–H groups in total. The van der Waals surface area contributed by atoms with Gasteiger partial charge < -0.3 is 5.73 Å². The summed E-state index contributed by atoms with van der Waals surface area (Å²) < 4.78 is 0. The first kappa shape index (κ1) is 10.3. The zero-order chi connectivity index (χ0) is 10.8. The van der Waals surface area contributed by atoms with Gasteiger partial charge in [0.1, 0.15) is 0 Å². The van der Waals surface area contributed by atoms with Crippen LogP contribution in [0.1, 0.15) is 16.3 Å². The molecule has 2 aromatic heterocycles. The standard InChI is InChI=1S/C11H13N3S/c1-7-5-9(6-12)14-11(13-7)10-4-3-8(2)15-10/h3-5H,6,12H2,1-2H3. The number of nitrogens with two attached hydrogens (primary N) is 1. The molecule has 78 valence electrons. The fraction of sp³-hybridized carbons (Fsp3) is 0.273. The molecule has 0 unspecified atom stereocenters. The smallest absolute Gasteiger partial charge is 0.169 e. The van der Waals surface area contributed by atoms with Crippen LogP contribution in [-0.2, 0) is 6.54 Å². The van der Waals surface area contributed by atoms with E-state index in [0.29, 0.717) is 6.54 Å². The molecule has 0 saturated heterocycles. The van der Waals surface area contributed by atoms with Gasteiger partial charge in [0.05, 0.1) is 10.6 Å². The van der Waals surface area contributed by atoms with Gasteiger partial charge in [-0.05, 0) is 32.0 Å². The van der Waals surface area contributed by atoms with Gasteiger partial charge in [0.25, 0.3) is 0 Å². The number of rotatable bonds is 2. The molecule has 0 aromatic carbocycles. The molecule has 2 aromatic rings. The highest BCUT2D eigenvalue weighted by Crippen LogP contribution is 2.24. The van der Waals surface area contributed by atoms with Gasteiger partial charge in [-0.3, -0.25) is 0 Å². The number of aromatic nitrogens is 2. The summed E-state index contributed by atoms with van der Waals surface area (Å²) in [6.45, 7) is 4.50. The highest BCUT2D eigenvalue weighted by molar-refractivity contribution is 7.15. The minimum absolute atomic E-state index is 0.459. The van der Waals surface area contributed by atoms with Gasteiger partial charge in [0.2, 0.25) is 0 Å². The summed E-state index contributed by atoms with van der Waals surface area (Å²) in [5.74, 6) is 0.786. The lowest BCUT2D eigenvalue weighted by Gasteiger charge is -2.01. The van der Waals surface area contributed by atoms with Crippen molar-refractivity contribution in [3.8, 4) is 10.7 Å². The number of nitrogens with zero attached hydrogens (tertiary/aromatic N) is 2. The van der Waals surface area contributed by atoms with Crippen LogP contribution in [-0.4, -0.2) is 9.97 Å². The average molecular weight is 219 g/mol. The molecule has 0 spiro atoms. The molecule has 0 fully saturated rings. The Balaban J connectivity index is 2.48. The normalized spacial score (nSPS) is 10.6. The van der Waals surface area contributed by atoms with Gasteiger partial charge in [0.15, 0.2) is 5.82 Å². The summed E-state index contributed by atoms with van der Waals surface area (Å²) in [5.41, 5.74) is 7.44. The van der Waals surface area contributed by atoms with Crippen molar-refractivity contribution in [3.05, 3.63) is 34.5 Å². The lowest BCUT2D eigenvalue weighted by molar-refractivity contribution is 0.955. The van der Waals surface area contributed by atoms with Crippen molar-refractivity contribution in [1.29, 1.82) is 0 Å². The largest absolute Gasteiger partial charge is 0.325 e. The van der Waals surface area contributed by atoms with Crippen LogP contribution in [0.25, 0.3) is 10.7 Å². The van der Waals surface area contributed by atoms with Crippen molar-refractivity contribution in [2.75, 3.05) is 0 Å². The Hall–Kier alpha value is -1.26. The second kappa shape index (κ2) is 4.08. The molecule has 0 aliphatic heterocycles. The van der Waals surface area contributed by atoms with E-state index < -0.39 is 0 Å². The van der Waals surface area contributed by atoms with E-state index in [1.165, 1.54) is 4.88 Å². The van der Waals surface area contributed by atoms with Crippen molar-refractivity contribution in [2.45, 2.75) is 20.4 Å². The van der Waals surface area contributed by atoms with Crippen LogP contribution in [0, 0.1) is 13.8 Å². The topological polar surface area (TPSA) is 51.8 Å². The molecule has 2 heterocycles. The van der Waals surface area contributed by atoms with Crippen LogP contribution < -0.4 is 5.73 Å². The molecule has 0 saturated carbocycles. The maximum Gasteiger partial charge on any atom is 0.169 e. The Morgan fingerprint density at radius 2 is 2.07 bits per heavy atom. The first-order valence-corrected chi connectivity index (χ1v) is 5.62. The molecule has 4 heteroatoms. The van der Waals surface area contributed by atoms with Crippen molar-refractivity contribution >= 4 is 11.3 Å². The van der Waals surface area contributed by atoms with E-state index in [4.69, 9.17) is 5.73 Å². The van der Waals surface area contributed by atoms with Crippen molar-refractivity contribution in [2.24, 2.45) is 5.73 Å². The Kier molecular flexibility index (Phi) is 2.79. The van der Waals surface area contributed by atoms with Crippen LogP contribution in [0.5, 0.6) is 0 Å². The zero-order valence-electron chi connectivity index (χ0n) is 8.82. The van der Waals surface area contributed by atoms with E-state index in [9.17, 15) is 0 Å². The summed E-state index contributed by atoms with van der Waals surface area (Å²) in [5, 5.41) is 0. The highest BCUT2D eigenvalue weighted by Gasteiger charge is 2.06. The van der Waals surface area contributed by atoms with E-state index in [1.54, 1.807) is 11.3 Å². The van der Waals surface area contributed by atoms with Crippen LogP contribution >= 0.6 is 11.3 Å². The Morgan fingerprint density at radius 3 is 2.67 bits per heavy atom. The number of hydrogen-bond acceptors (Lipinski definition) is 4. The van der Waals surface area contributed by atoms with E-state index in [0.717, 1.165) is 22.1 Å². The maximum absolute atomic E-state index is 5.58. The molecule has 15 heavy (non-hydrogen) atoms. The molecule has 0 radical (unpaired) electrons. The third-order valence-electron chi connectivity index (χ3n) is 2.08. The van der Waals surface area contributed by atoms with Gasteiger partial charge in [0, 0.05) is 17.1 Å². The average Bonchev–Trinajstić information content (AvgIpc) is 2.64. The fourth-order valence-electron chi connectivity index (χ4n) is 1.40. The molecule has 0 aliphatic carbocycles. The third-order valence-corrected chi connectivity index (χ3v) is 3.07. The first-order valence-electron chi connectivity index (χ1n) is 4.80. The third kappa shape index (κ3) is 2.22. The summed E-state index contributed by atoms with van der Waals surface area (Å²) in [7, 11) is 0. The van der Waals surface area contributed by atoms with Crippen molar-refractivity contribution < 1.29 is 0 Å². The van der Waals surface area contributed by atoms with E-state index in [-0.39, 0.29) is 0 Å². The molecular formula is C11H13N3S. The Labute approximate surface area is 93.0 Å².